The maximum absolute atomic E-state index is 12.5. The van der Waals surface area contributed by atoms with E-state index in [9.17, 15) is 13.2 Å². The van der Waals surface area contributed by atoms with E-state index in [4.69, 9.17) is 0 Å². The summed E-state index contributed by atoms with van der Waals surface area (Å²) in [6.45, 7) is 5.96. The third-order valence-corrected chi connectivity index (χ3v) is 5.63. The van der Waals surface area contributed by atoms with Crippen LogP contribution >= 0.6 is 11.3 Å². The number of imidazole rings is 1. The minimum atomic E-state index is -4.73. The van der Waals surface area contributed by atoms with Gasteiger partial charge in [-0.15, -0.1) is 18.3 Å². The molecule has 0 saturated carbocycles. The number of benzene rings is 1. The second-order valence-corrected chi connectivity index (χ2v) is 7.85. The topological polar surface area (TPSA) is 57.9 Å². The molecule has 0 aliphatic carbocycles. The third kappa shape index (κ3) is 4.98. The van der Waals surface area contributed by atoms with Crippen LogP contribution in [0.15, 0.2) is 30.5 Å². The van der Waals surface area contributed by atoms with Crippen molar-refractivity contribution in [3.8, 4) is 17.0 Å². The van der Waals surface area contributed by atoms with Crippen molar-refractivity contribution in [2.75, 3.05) is 51.6 Å². The Morgan fingerprint density at radius 2 is 2.00 bits per heavy atom. The van der Waals surface area contributed by atoms with Crippen LogP contribution < -0.4 is 10.1 Å². The SMILES string of the molecule is CN1CCN(CCNc2nn3c(-c4cccc(OC(F)(F)F)c4)cnc3s2)CC1. The largest absolute Gasteiger partial charge is 0.573 e. The normalized spacial score (nSPS) is 16.4. The lowest BCUT2D eigenvalue weighted by atomic mass is 10.1. The maximum Gasteiger partial charge on any atom is 0.573 e. The van der Waals surface area contributed by atoms with Gasteiger partial charge in [-0.2, -0.15) is 0 Å². The predicted octanol–water partition coefficient (Wildman–Crippen LogP) is 3.02. The predicted molar refractivity (Wildman–Crippen MR) is 105 cm³/mol. The number of aromatic nitrogens is 3. The van der Waals surface area contributed by atoms with Gasteiger partial charge in [0.2, 0.25) is 10.1 Å². The first-order valence-corrected chi connectivity index (χ1v) is 10.0. The molecule has 0 amide bonds. The summed E-state index contributed by atoms with van der Waals surface area (Å²) in [4.78, 5) is 9.72. The van der Waals surface area contributed by atoms with Crippen LogP contribution in [0.5, 0.6) is 5.75 Å². The highest BCUT2D eigenvalue weighted by Gasteiger charge is 2.31. The van der Waals surface area contributed by atoms with Gasteiger partial charge in [-0.3, -0.25) is 4.90 Å². The molecular formula is C18H21F3N6OS. The molecule has 1 fully saturated rings. The number of anilines is 1. The minimum absolute atomic E-state index is 0.272. The van der Waals surface area contributed by atoms with Crippen molar-refractivity contribution in [1.29, 1.82) is 0 Å². The molecule has 1 N–H and O–H groups in total. The molecule has 11 heteroatoms. The van der Waals surface area contributed by atoms with E-state index in [-0.39, 0.29) is 5.75 Å². The molecule has 3 heterocycles. The van der Waals surface area contributed by atoms with E-state index in [2.05, 4.69) is 37.0 Å². The Kier molecular flexibility index (Phi) is 5.61. The van der Waals surface area contributed by atoms with Crippen LogP contribution in [-0.2, 0) is 0 Å². The molecule has 0 unspecified atom stereocenters. The first kappa shape index (κ1) is 19.9. The maximum atomic E-state index is 12.5. The monoisotopic (exact) mass is 426 g/mol. The molecule has 0 bridgehead atoms. The molecule has 1 saturated heterocycles. The van der Waals surface area contributed by atoms with E-state index < -0.39 is 6.36 Å². The van der Waals surface area contributed by atoms with Gasteiger partial charge in [0.1, 0.15) is 5.75 Å². The van der Waals surface area contributed by atoms with Gasteiger partial charge in [0.15, 0.2) is 0 Å². The molecule has 7 nitrogen and oxygen atoms in total. The first-order valence-electron chi connectivity index (χ1n) is 9.23. The number of piperazine rings is 1. The van der Waals surface area contributed by atoms with Gasteiger partial charge >= 0.3 is 6.36 Å². The average molecular weight is 426 g/mol. The Morgan fingerprint density at radius 1 is 1.21 bits per heavy atom. The minimum Gasteiger partial charge on any atom is -0.406 e. The molecular weight excluding hydrogens is 405 g/mol. The van der Waals surface area contributed by atoms with Crippen LogP contribution in [0.1, 0.15) is 0 Å². The zero-order valence-corrected chi connectivity index (χ0v) is 16.6. The van der Waals surface area contributed by atoms with Crippen molar-refractivity contribution in [3.05, 3.63) is 30.5 Å². The molecule has 3 aromatic rings. The van der Waals surface area contributed by atoms with Crippen LogP contribution in [0.2, 0.25) is 0 Å². The van der Waals surface area contributed by atoms with Gasteiger partial charge in [-0.05, 0) is 19.2 Å². The number of nitrogens with one attached hydrogen (secondary N) is 1. The highest BCUT2D eigenvalue weighted by molar-refractivity contribution is 7.20. The molecule has 0 atom stereocenters. The molecule has 0 radical (unpaired) electrons. The van der Waals surface area contributed by atoms with Crippen molar-refractivity contribution in [1.82, 2.24) is 24.4 Å². The van der Waals surface area contributed by atoms with E-state index in [1.54, 1.807) is 16.8 Å². The summed E-state index contributed by atoms with van der Waals surface area (Å²) in [7, 11) is 2.13. The zero-order chi connectivity index (χ0) is 20.4. The van der Waals surface area contributed by atoms with Crippen LogP contribution in [0.3, 0.4) is 0 Å². The van der Waals surface area contributed by atoms with Gasteiger partial charge in [0.05, 0.1) is 11.9 Å². The first-order chi connectivity index (χ1) is 13.9. The van der Waals surface area contributed by atoms with Crippen molar-refractivity contribution in [3.63, 3.8) is 0 Å². The summed E-state index contributed by atoms with van der Waals surface area (Å²) in [6.07, 6.45) is -3.13. The van der Waals surface area contributed by atoms with Gasteiger partial charge in [-0.25, -0.2) is 9.50 Å². The zero-order valence-electron chi connectivity index (χ0n) is 15.8. The van der Waals surface area contributed by atoms with Crippen molar-refractivity contribution >= 4 is 21.4 Å². The number of ether oxygens (including phenoxy) is 1. The summed E-state index contributed by atoms with van der Waals surface area (Å²) in [5.74, 6) is -0.272. The lowest BCUT2D eigenvalue weighted by Crippen LogP contribution is -2.45. The highest BCUT2D eigenvalue weighted by atomic mass is 32.1. The van der Waals surface area contributed by atoms with E-state index in [1.807, 2.05) is 0 Å². The second-order valence-electron chi connectivity index (χ2n) is 6.89. The third-order valence-electron chi connectivity index (χ3n) is 4.75. The molecule has 1 aliphatic heterocycles. The number of rotatable bonds is 6. The summed E-state index contributed by atoms with van der Waals surface area (Å²) in [5, 5.41) is 8.57. The number of fused-ring (bicyclic) bond motifs is 1. The van der Waals surface area contributed by atoms with E-state index in [0.717, 1.165) is 44.4 Å². The fraction of sp³-hybridized carbons (Fsp3) is 0.444. The molecule has 1 aliphatic rings. The standard InChI is InChI=1S/C18H21F3N6OS/c1-25-7-9-26(10-8-25)6-5-22-16-24-27-15(12-23-17(27)29-16)13-3-2-4-14(11-13)28-18(19,20)21/h2-4,11-12H,5-10H2,1H3,(H,22,24). The Hall–Kier alpha value is -2.37. The number of halogens is 3. The van der Waals surface area contributed by atoms with Crippen molar-refractivity contribution in [2.45, 2.75) is 6.36 Å². The number of nitrogens with zero attached hydrogens (tertiary/aromatic N) is 5. The molecule has 0 spiro atoms. The molecule has 4 rings (SSSR count). The van der Waals surface area contributed by atoms with Crippen LogP contribution in [0, 0.1) is 0 Å². The van der Waals surface area contributed by atoms with Gasteiger partial charge in [0, 0.05) is 44.8 Å². The van der Waals surface area contributed by atoms with E-state index in [0.29, 0.717) is 16.2 Å². The Morgan fingerprint density at radius 3 is 2.76 bits per heavy atom. The number of likely N-dealkylation sites (N-methyl/N-ethyl adjacent to an activating group) is 1. The van der Waals surface area contributed by atoms with Gasteiger partial charge < -0.3 is 15.0 Å². The number of hydrogen-bond donors (Lipinski definition) is 1. The quantitative estimate of drug-likeness (QED) is 0.654. The number of hydrogen-bond acceptors (Lipinski definition) is 7. The molecule has 2 aromatic heterocycles. The van der Waals surface area contributed by atoms with Gasteiger partial charge in [0.25, 0.3) is 0 Å². The Balaban J connectivity index is 1.43. The van der Waals surface area contributed by atoms with Crippen molar-refractivity contribution < 1.29 is 17.9 Å². The summed E-state index contributed by atoms with van der Waals surface area (Å²) in [5.41, 5.74) is 1.16. The van der Waals surface area contributed by atoms with E-state index >= 15 is 0 Å². The average Bonchev–Trinajstić information content (AvgIpc) is 3.22. The van der Waals surface area contributed by atoms with Crippen molar-refractivity contribution in [2.24, 2.45) is 0 Å². The number of alkyl halides is 3. The fourth-order valence-electron chi connectivity index (χ4n) is 3.21. The summed E-state index contributed by atoms with van der Waals surface area (Å²) < 4.78 is 43.1. The summed E-state index contributed by atoms with van der Waals surface area (Å²) >= 11 is 1.41. The Bertz CT molecular complexity index is 964. The smallest absolute Gasteiger partial charge is 0.406 e. The lowest BCUT2D eigenvalue weighted by Gasteiger charge is -2.32. The Labute approximate surface area is 169 Å². The van der Waals surface area contributed by atoms with Crippen LogP contribution in [0.4, 0.5) is 18.3 Å². The lowest BCUT2D eigenvalue weighted by molar-refractivity contribution is -0.274. The fourth-order valence-corrected chi connectivity index (χ4v) is 4.01. The van der Waals surface area contributed by atoms with Crippen LogP contribution in [0.25, 0.3) is 16.2 Å². The highest BCUT2D eigenvalue weighted by Crippen LogP contribution is 2.30. The van der Waals surface area contributed by atoms with E-state index in [1.165, 1.54) is 29.5 Å². The molecule has 1 aromatic carbocycles. The van der Waals surface area contributed by atoms with Gasteiger partial charge in [-0.1, -0.05) is 23.5 Å². The second kappa shape index (κ2) is 8.17. The molecule has 29 heavy (non-hydrogen) atoms. The molecule has 156 valence electrons. The van der Waals surface area contributed by atoms with Crippen LogP contribution in [-0.4, -0.2) is 77.1 Å². The summed E-state index contributed by atoms with van der Waals surface area (Å²) in [6, 6.07) is 5.81.